The van der Waals surface area contributed by atoms with Crippen LogP contribution in [0.25, 0.3) is 0 Å². The van der Waals surface area contributed by atoms with Crippen molar-refractivity contribution in [2.45, 2.75) is 19.5 Å². The highest BCUT2D eigenvalue weighted by atomic mass is 79.9. The summed E-state index contributed by atoms with van der Waals surface area (Å²) < 4.78 is 0.858. The fourth-order valence-corrected chi connectivity index (χ4v) is 3.84. The highest BCUT2D eigenvalue weighted by molar-refractivity contribution is 9.10. The number of para-hydroxylation sites is 1. The monoisotopic (exact) mass is 429 g/mol. The summed E-state index contributed by atoms with van der Waals surface area (Å²) in [7, 11) is 4.05. The molecule has 1 unspecified atom stereocenters. The summed E-state index contributed by atoms with van der Waals surface area (Å²) in [6, 6.07) is 15.7. The van der Waals surface area contributed by atoms with Crippen molar-refractivity contribution < 1.29 is 9.59 Å². The molecule has 0 radical (unpaired) electrons. The number of rotatable bonds is 6. The van der Waals surface area contributed by atoms with Crippen LogP contribution in [0.1, 0.15) is 17.5 Å². The van der Waals surface area contributed by atoms with Crippen molar-refractivity contribution in [3.63, 3.8) is 0 Å². The Morgan fingerprint density at radius 3 is 2.52 bits per heavy atom. The average molecular weight is 430 g/mol. The maximum absolute atomic E-state index is 12.6. The molecule has 0 aliphatic carbocycles. The van der Waals surface area contributed by atoms with Crippen LogP contribution in [0.2, 0.25) is 0 Å². The summed E-state index contributed by atoms with van der Waals surface area (Å²) in [4.78, 5) is 28.9. The van der Waals surface area contributed by atoms with Gasteiger partial charge in [-0.2, -0.15) is 0 Å². The zero-order chi connectivity index (χ0) is 19.4. The summed E-state index contributed by atoms with van der Waals surface area (Å²) in [6.45, 7) is 1.71. The molecule has 6 heteroatoms. The van der Waals surface area contributed by atoms with E-state index >= 15 is 0 Å². The van der Waals surface area contributed by atoms with Crippen molar-refractivity contribution in [3.05, 3.63) is 64.1 Å². The van der Waals surface area contributed by atoms with E-state index in [1.54, 1.807) is 4.90 Å². The molecule has 5 nitrogen and oxygen atoms in total. The van der Waals surface area contributed by atoms with Crippen LogP contribution in [-0.2, 0) is 22.7 Å². The Balaban J connectivity index is 1.63. The van der Waals surface area contributed by atoms with E-state index in [2.05, 4.69) is 32.2 Å². The van der Waals surface area contributed by atoms with Crippen LogP contribution in [0.15, 0.2) is 53.0 Å². The Labute approximate surface area is 168 Å². The first-order valence-corrected chi connectivity index (χ1v) is 9.79. The van der Waals surface area contributed by atoms with Crippen LogP contribution < -0.4 is 10.2 Å². The van der Waals surface area contributed by atoms with Gasteiger partial charge in [0.2, 0.25) is 11.8 Å². The molecular weight excluding hydrogens is 406 g/mol. The fraction of sp³-hybridized carbons (Fsp3) is 0.333. The average Bonchev–Trinajstić information content (AvgIpc) is 3.02. The standard InChI is InChI=1S/C21H24BrN3O2/c1-24(2)13-16-8-4-3-7-15(16)12-23-21(27)17-11-20(26)25(14-17)19-10-6-5-9-18(19)22/h3-10,17H,11-14H2,1-2H3,(H,23,27). The third-order valence-electron chi connectivity index (χ3n) is 4.70. The van der Waals surface area contributed by atoms with Crippen molar-refractivity contribution in [1.82, 2.24) is 10.2 Å². The van der Waals surface area contributed by atoms with E-state index in [4.69, 9.17) is 0 Å². The van der Waals surface area contributed by atoms with E-state index in [0.717, 1.165) is 22.3 Å². The first-order valence-electron chi connectivity index (χ1n) is 9.00. The number of amides is 2. The molecule has 0 spiro atoms. The van der Waals surface area contributed by atoms with Gasteiger partial charge < -0.3 is 15.1 Å². The number of halogens is 1. The first kappa shape index (κ1) is 19.6. The van der Waals surface area contributed by atoms with Crippen LogP contribution in [0.5, 0.6) is 0 Å². The summed E-state index contributed by atoms with van der Waals surface area (Å²) in [5.74, 6) is -0.418. The topological polar surface area (TPSA) is 52.7 Å². The van der Waals surface area contributed by atoms with Gasteiger partial charge in [-0.1, -0.05) is 36.4 Å². The van der Waals surface area contributed by atoms with Gasteiger partial charge in [-0.05, 0) is 53.3 Å². The minimum absolute atomic E-state index is 0.0185. The second-order valence-corrected chi connectivity index (χ2v) is 7.94. The maximum Gasteiger partial charge on any atom is 0.227 e. The second kappa shape index (κ2) is 8.67. The predicted octanol–water partition coefficient (Wildman–Crippen LogP) is 3.18. The number of nitrogens with one attached hydrogen (secondary N) is 1. The molecule has 0 bridgehead atoms. The Kier molecular flexibility index (Phi) is 6.29. The predicted molar refractivity (Wildman–Crippen MR) is 110 cm³/mol. The van der Waals surface area contributed by atoms with E-state index in [-0.39, 0.29) is 24.2 Å². The largest absolute Gasteiger partial charge is 0.352 e. The molecule has 1 saturated heterocycles. The third kappa shape index (κ3) is 4.76. The van der Waals surface area contributed by atoms with E-state index in [1.165, 1.54) is 5.56 Å². The fourth-order valence-electron chi connectivity index (χ4n) is 3.34. The second-order valence-electron chi connectivity index (χ2n) is 7.08. The minimum atomic E-state index is -0.328. The van der Waals surface area contributed by atoms with Crippen molar-refractivity contribution in [3.8, 4) is 0 Å². The third-order valence-corrected chi connectivity index (χ3v) is 5.37. The molecule has 1 aliphatic heterocycles. The van der Waals surface area contributed by atoms with Gasteiger partial charge in [0.1, 0.15) is 0 Å². The Bertz CT molecular complexity index is 838. The van der Waals surface area contributed by atoms with Crippen LogP contribution in [0.3, 0.4) is 0 Å². The van der Waals surface area contributed by atoms with Crippen LogP contribution in [0.4, 0.5) is 5.69 Å². The van der Waals surface area contributed by atoms with Crippen molar-refractivity contribution >= 4 is 33.4 Å². The molecule has 1 fully saturated rings. The molecule has 1 N–H and O–H groups in total. The molecule has 1 atom stereocenters. The number of carbonyl (C=O) groups excluding carboxylic acids is 2. The molecule has 0 saturated carbocycles. The molecule has 2 aromatic carbocycles. The zero-order valence-electron chi connectivity index (χ0n) is 15.6. The maximum atomic E-state index is 12.6. The van der Waals surface area contributed by atoms with Gasteiger partial charge in [-0.3, -0.25) is 9.59 Å². The number of benzene rings is 2. The van der Waals surface area contributed by atoms with E-state index in [1.807, 2.05) is 56.6 Å². The first-order chi connectivity index (χ1) is 13.0. The number of hydrogen-bond acceptors (Lipinski definition) is 3. The molecular formula is C21H24BrN3O2. The molecule has 2 amide bonds. The highest BCUT2D eigenvalue weighted by Crippen LogP contribution is 2.31. The summed E-state index contributed by atoms with van der Waals surface area (Å²) >= 11 is 3.48. The normalized spacial score (nSPS) is 16.8. The van der Waals surface area contributed by atoms with E-state index in [9.17, 15) is 9.59 Å². The summed E-state index contributed by atoms with van der Waals surface area (Å²) in [5.41, 5.74) is 3.11. The van der Waals surface area contributed by atoms with Gasteiger partial charge in [-0.15, -0.1) is 0 Å². The van der Waals surface area contributed by atoms with E-state index < -0.39 is 0 Å². The van der Waals surface area contributed by atoms with Crippen molar-refractivity contribution in [2.24, 2.45) is 5.92 Å². The van der Waals surface area contributed by atoms with Gasteiger partial charge in [0.25, 0.3) is 0 Å². The lowest BCUT2D eigenvalue weighted by Gasteiger charge is -2.18. The van der Waals surface area contributed by atoms with Gasteiger partial charge in [0.15, 0.2) is 0 Å². The molecule has 1 aliphatic rings. The van der Waals surface area contributed by atoms with E-state index in [0.29, 0.717) is 13.1 Å². The van der Waals surface area contributed by atoms with Crippen LogP contribution in [-0.4, -0.2) is 37.4 Å². The van der Waals surface area contributed by atoms with Gasteiger partial charge in [-0.25, -0.2) is 0 Å². The van der Waals surface area contributed by atoms with Crippen LogP contribution >= 0.6 is 15.9 Å². The molecule has 2 aromatic rings. The molecule has 0 aromatic heterocycles. The molecule has 1 heterocycles. The summed E-state index contributed by atoms with van der Waals surface area (Å²) in [5, 5.41) is 3.01. The Morgan fingerprint density at radius 1 is 1.15 bits per heavy atom. The smallest absolute Gasteiger partial charge is 0.227 e. The Hall–Kier alpha value is -2.18. The molecule has 142 valence electrons. The van der Waals surface area contributed by atoms with Gasteiger partial charge in [0, 0.05) is 30.5 Å². The van der Waals surface area contributed by atoms with Crippen LogP contribution in [0, 0.1) is 5.92 Å². The molecule has 27 heavy (non-hydrogen) atoms. The Morgan fingerprint density at radius 2 is 1.81 bits per heavy atom. The molecule has 3 rings (SSSR count). The lowest BCUT2D eigenvalue weighted by molar-refractivity contribution is -0.126. The SMILES string of the molecule is CN(C)Cc1ccccc1CNC(=O)C1CC(=O)N(c2ccccc2Br)C1. The lowest BCUT2D eigenvalue weighted by atomic mass is 10.1. The highest BCUT2D eigenvalue weighted by Gasteiger charge is 2.35. The van der Waals surface area contributed by atoms with Gasteiger partial charge >= 0.3 is 0 Å². The zero-order valence-corrected chi connectivity index (χ0v) is 17.2. The van der Waals surface area contributed by atoms with Gasteiger partial charge in [0.05, 0.1) is 11.6 Å². The number of anilines is 1. The number of nitrogens with zero attached hydrogens (tertiary/aromatic N) is 2. The number of carbonyl (C=O) groups is 2. The van der Waals surface area contributed by atoms with Crippen molar-refractivity contribution in [1.29, 1.82) is 0 Å². The lowest BCUT2D eigenvalue weighted by Crippen LogP contribution is -2.33. The summed E-state index contributed by atoms with van der Waals surface area (Å²) in [6.07, 6.45) is 0.243. The quantitative estimate of drug-likeness (QED) is 0.766. The minimum Gasteiger partial charge on any atom is -0.352 e. The van der Waals surface area contributed by atoms with Crippen molar-refractivity contribution in [2.75, 3.05) is 25.5 Å². The number of hydrogen-bond donors (Lipinski definition) is 1.